The lowest BCUT2D eigenvalue weighted by Gasteiger charge is -2.09. The average Bonchev–Trinajstić information content (AvgIpc) is 2.42. The van der Waals surface area contributed by atoms with E-state index in [1.54, 1.807) is 0 Å². The van der Waals surface area contributed by atoms with Crippen molar-refractivity contribution in [2.75, 3.05) is 6.61 Å². The van der Waals surface area contributed by atoms with Crippen LogP contribution in [0.2, 0.25) is 0 Å². The van der Waals surface area contributed by atoms with Gasteiger partial charge in [0.25, 0.3) is 0 Å². The third kappa shape index (κ3) is 2.01. The van der Waals surface area contributed by atoms with E-state index in [2.05, 4.69) is 0 Å². The number of benzene rings is 1. The number of ether oxygens (including phenoxy) is 1. The molecule has 0 amide bonds. The summed E-state index contributed by atoms with van der Waals surface area (Å²) in [6.45, 7) is 0.799. The van der Waals surface area contributed by atoms with E-state index >= 15 is 0 Å². The van der Waals surface area contributed by atoms with Crippen molar-refractivity contribution in [3.05, 3.63) is 23.8 Å². The fourth-order valence-electron chi connectivity index (χ4n) is 1.66. The van der Waals surface area contributed by atoms with Crippen molar-refractivity contribution >= 4 is 7.69 Å². The molecule has 4 heteroatoms. The van der Waals surface area contributed by atoms with Gasteiger partial charge in [0.05, 0.1) is 6.61 Å². The van der Waals surface area contributed by atoms with Gasteiger partial charge < -0.3 is 14.4 Å². The molecule has 74 valence electrons. The molecule has 1 aromatic rings. The molecule has 3 nitrogen and oxygen atoms in total. The minimum atomic E-state index is -0.278. The summed E-state index contributed by atoms with van der Waals surface area (Å²) < 4.78 is 10.6. The molecule has 0 radical (unpaired) electrons. The first-order valence-corrected chi connectivity index (χ1v) is 4.89. The van der Waals surface area contributed by atoms with Gasteiger partial charge in [-0.25, -0.2) is 0 Å². The van der Waals surface area contributed by atoms with Gasteiger partial charge in [-0.05, 0) is 43.0 Å². The average molecular weight is 192 g/mol. The summed E-state index contributed by atoms with van der Waals surface area (Å²) in [6.07, 6.45) is 3.28. The molecule has 0 fully saturated rings. The van der Waals surface area contributed by atoms with Crippen LogP contribution in [0.4, 0.5) is 0 Å². The van der Waals surface area contributed by atoms with E-state index < -0.39 is 0 Å². The predicted molar refractivity (Wildman–Crippen MR) is 54.9 cm³/mol. The van der Waals surface area contributed by atoms with Gasteiger partial charge in [-0.3, -0.25) is 0 Å². The molecule has 0 saturated carbocycles. The van der Waals surface area contributed by atoms with Gasteiger partial charge in [0.2, 0.25) is 0 Å². The van der Waals surface area contributed by atoms with E-state index in [-0.39, 0.29) is 7.69 Å². The Kier molecular flexibility index (Phi) is 2.94. The van der Waals surface area contributed by atoms with E-state index in [1.165, 1.54) is 5.56 Å². The maximum Gasteiger partial charge on any atom is 0.504 e. The molecule has 0 atom stereocenters. The van der Waals surface area contributed by atoms with Crippen LogP contribution in [0.1, 0.15) is 18.4 Å². The summed E-state index contributed by atoms with van der Waals surface area (Å²) in [7, 11) is -0.278. The second-order valence-electron chi connectivity index (χ2n) is 3.35. The molecular formula is C10H13BO3. The largest absolute Gasteiger partial charge is 0.539 e. The lowest BCUT2D eigenvalue weighted by atomic mass is 10.1. The summed E-state index contributed by atoms with van der Waals surface area (Å²) in [5, 5.41) is 8.63. The zero-order valence-electron chi connectivity index (χ0n) is 8.03. The Bertz CT molecular complexity index is 314. The molecular weight excluding hydrogens is 179 g/mol. The fourth-order valence-corrected chi connectivity index (χ4v) is 1.66. The molecule has 2 rings (SSSR count). The number of aryl methyl sites for hydroxylation is 1. The van der Waals surface area contributed by atoms with Crippen LogP contribution in [0.5, 0.6) is 11.5 Å². The summed E-state index contributed by atoms with van der Waals surface area (Å²) in [4.78, 5) is 0. The standard InChI is InChI=1S/C10H13BO3/c12-11-14-9-4-5-10-8(7-9)3-1-2-6-13-10/h4-5,7,11-12H,1-3,6H2. The minimum Gasteiger partial charge on any atom is -0.539 e. The van der Waals surface area contributed by atoms with Crippen LogP contribution in [-0.4, -0.2) is 19.3 Å². The zero-order valence-corrected chi connectivity index (χ0v) is 8.03. The van der Waals surface area contributed by atoms with Crippen molar-refractivity contribution in [2.45, 2.75) is 19.3 Å². The highest BCUT2D eigenvalue weighted by atomic mass is 16.5. The van der Waals surface area contributed by atoms with E-state index in [9.17, 15) is 0 Å². The molecule has 1 aliphatic heterocycles. The van der Waals surface area contributed by atoms with Crippen molar-refractivity contribution in [1.82, 2.24) is 0 Å². The molecule has 1 heterocycles. The summed E-state index contributed by atoms with van der Waals surface area (Å²) >= 11 is 0. The molecule has 0 spiro atoms. The van der Waals surface area contributed by atoms with E-state index in [1.807, 2.05) is 18.2 Å². The first-order valence-electron chi connectivity index (χ1n) is 4.89. The van der Waals surface area contributed by atoms with Crippen molar-refractivity contribution < 1.29 is 14.4 Å². The van der Waals surface area contributed by atoms with Crippen molar-refractivity contribution in [2.24, 2.45) is 0 Å². The Morgan fingerprint density at radius 3 is 3.14 bits per heavy atom. The van der Waals surface area contributed by atoms with Crippen molar-refractivity contribution in [3.8, 4) is 11.5 Å². The molecule has 14 heavy (non-hydrogen) atoms. The third-order valence-electron chi connectivity index (χ3n) is 2.36. The third-order valence-corrected chi connectivity index (χ3v) is 2.36. The number of hydrogen-bond acceptors (Lipinski definition) is 3. The highest BCUT2D eigenvalue weighted by Gasteiger charge is 2.09. The summed E-state index contributed by atoms with van der Waals surface area (Å²) in [5.41, 5.74) is 1.17. The van der Waals surface area contributed by atoms with Gasteiger partial charge in [0.15, 0.2) is 0 Å². The predicted octanol–water partition coefficient (Wildman–Crippen LogP) is 1.04. The maximum atomic E-state index is 8.63. The second kappa shape index (κ2) is 4.37. The smallest absolute Gasteiger partial charge is 0.504 e. The van der Waals surface area contributed by atoms with Gasteiger partial charge in [0, 0.05) is 0 Å². The monoisotopic (exact) mass is 192 g/mol. The topological polar surface area (TPSA) is 38.7 Å². The zero-order chi connectivity index (χ0) is 9.80. The van der Waals surface area contributed by atoms with Gasteiger partial charge in [-0.15, -0.1) is 0 Å². The Hall–Kier alpha value is -1.16. The number of fused-ring (bicyclic) bond motifs is 1. The SMILES string of the molecule is OBOc1ccc2c(c1)CCCCO2. The summed E-state index contributed by atoms with van der Waals surface area (Å²) in [6, 6.07) is 5.67. The highest BCUT2D eigenvalue weighted by Crippen LogP contribution is 2.27. The van der Waals surface area contributed by atoms with Crippen LogP contribution in [0, 0.1) is 0 Å². The fraction of sp³-hybridized carbons (Fsp3) is 0.400. The van der Waals surface area contributed by atoms with Crippen LogP contribution in [0.15, 0.2) is 18.2 Å². The lowest BCUT2D eigenvalue weighted by Crippen LogP contribution is -2.01. The molecule has 1 aromatic carbocycles. The Morgan fingerprint density at radius 2 is 2.29 bits per heavy atom. The van der Waals surface area contributed by atoms with Gasteiger partial charge in [0.1, 0.15) is 11.5 Å². The van der Waals surface area contributed by atoms with Crippen molar-refractivity contribution in [1.29, 1.82) is 0 Å². The van der Waals surface area contributed by atoms with Gasteiger partial charge in [-0.2, -0.15) is 0 Å². The van der Waals surface area contributed by atoms with E-state index in [4.69, 9.17) is 14.4 Å². The quantitative estimate of drug-likeness (QED) is 0.711. The number of hydrogen-bond donors (Lipinski definition) is 1. The van der Waals surface area contributed by atoms with Crippen LogP contribution in [0.25, 0.3) is 0 Å². The Labute approximate surface area is 84.0 Å². The van der Waals surface area contributed by atoms with Gasteiger partial charge in [-0.1, -0.05) is 0 Å². The van der Waals surface area contributed by atoms with E-state index in [0.29, 0.717) is 5.75 Å². The van der Waals surface area contributed by atoms with E-state index in [0.717, 1.165) is 31.6 Å². The first kappa shape index (κ1) is 9.40. The van der Waals surface area contributed by atoms with Crippen LogP contribution < -0.4 is 9.39 Å². The summed E-state index contributed by atoms with van der Waals surface area (Å²) in [5.74, 6) is 1.66. The van der Waals surface area contributed by atoms with Crippen LogP contribution >= 0.6 is 0 Å². The molecule has 0 unspecified atom stereocenters. The molecule has 0 aliphatic carbocycles. The molecule has 0 aromatic heterocycles. The van der Waals surface area contributed by atoms with Gasteiger partial charge >= 0.3 is 7.69 Å². The maximum absolute atomic E-state index is 8.63. The van der Waals surface area contributed by atoms with Crippen LogP contribution in [-0.2, 0) is 6.42 Å². The molecule has 0 bridgehead atoms. The Balaban J connectivity index is 2.23. The Morgan fingerprint density at radius 1 is 1.36 bits per heavy atom. The highest BCUT2D eigenvalue weighted by molar-refractivity contribution is 6.17. The molecule has 1 aliphatic rings. The number of rotatable bonds is 2. The molecule has 1 N–H and O–H groups in total. The minimum absolute atomic E-state index is 0.278. The normalized spacial score (nSPS) is 14.9. The van der Waals surface area contributed by atoms with Crippen LogP contribution in [0.3, 0.4) is 0 Å². The first-order chi connectivity index (χ1) is 6.90. The molecule has 0 saturated heterocycles. The second-order valence-corrected chi connectivity index (χ2v) is 3.35. The lowest BCUT2D eigenvalue weighted by molar-refractivity contribution is 0.316. The van der Waals surface area contributed by atoms with Crippen molar-refractivity contribution in [3.63, 3.8) is 0 Å².